The topological polar surface area (TPSA) is 0 Å². The lowest BCUT2D eigenvalue weighted by atomic mass is 9.86. The van der Waals surface area contributed by atoms with Crippen molar-refractivity contribution in [2.75, 3.05) is 0 Å². The molecule has 0 aliphatic heterocycles. The first-order valence-electron chi connectivity index (χ1n) is 17.0. The third-order valence-electron chi connectivity index (χ3n) is 6.27. The van der Waals surface area contributed by atoms with Gasteiger partial charge in [0.1, 0.15) is 0 Å². The molecule has 0 amide bonds. The van der Waals surface area contributed by atoms with Crippen LogP contribution in [0.1, 0.15) is 76.2 Å². The van der Waals surface area contributed by atoms with Gasteiger partial charge in [0, 0.05) is 0 Å². The summed E-state index contributed by atoms with van der Waals surface area (Å²) in [5.41, 5.74) is 7.59. The van der Waals surface area contributed by atoms with Crippen LogP contribution in [0.3, 0.4) is 0 Å². The lowest BCUT2D eigenvalue weighted by molar-refractivity contribution is 1.50. The van der Waals surface area contributed by atoms with Crippen molar-refractivity contribution in [3.63, 3.8) is 0 Å². The molecule has 6 rings (SSSR count). The highest BCUT2D eigenvalue weighted by Gasteiger charge is 2.16. The molecule has 0 heterocycles. The number of rotatable bonds is 3. The summed E-state index contributed by atoms with van der Waals surface area (Å²) in [5, 5.41) is 5.16. The van der Waals surface area contributed by atoms with Crippen LogP contribution >= 0.6 is 0 Å². The largest absolute Gasteiger partial charge is 0.103 e. The fourth-order valence-electron chi connectivity index (χ4n) is 4.82. The minimum atomic E-state index is 1.24. The van der Waals surface area contributed by atoms with Crippen LogP contribution in [0, 0.1) is 0 Å². The molecule has 0 spiro atoms. The maximum absolute atomic E-state index is 3.36. The number of benzene rings is 6. The van der Waals surface area contributed by atoms with Crippen LogP contribution in [0.5, 0.6) is 0 Å². The molecule has 0 aliphatic rings. The molecule has 6 aromatic carbocycles. The molecule has 0 saturated carbocycles. The van der Waals surface area contributed by atoms with Crippen molar-refractivity contribution in [3.8, 4) is 33.4 Å². The summed E-state index contributed by atoms with van der Waals surface area (Å²) >= 11 is 0. The summed E-state index contributed by atoms with van der Waals surface area (Å²) in [6.07, 6.45) is 1.75. The van der Waals surface area contributed by atoms with Gasteiger partial charge in [0.2, 0.25) is 0 Å². The molecule has 0 saturated heterocycles. The first-order valence-corrected chi connectivity index (χ1v) is 17.0. The Balaban J connectivity index is 0.00000132. The fourth-order valence-corrected chi connectivity index (χ4v) is 4.82. The summed E-state index contributed by atoms with van der Waals surface area (Å²) in [6.45, 7) is 25.2. The van der Waals surface area contributed by atoms with Crippen LogP contribution < -0.4 is 0 Å². The van der Waals surface area contributed by atoms with Crippen molar-refractivity contribution < 1.29 is 0 Å². The lowest BCUT2D eigenvalue weighted by Gasteiger charge is -2.18. The molecule has 0 bridgehead atoms. The monoisotopic (exact) mass is 598 g/mol. The highest BCUT2D eigenvalue weighted by molar-refractivity contribution is 6.21. The van der Waals surface area contributed by atoms with Crippen LogP contribution in [0.25, 0.3) is 54.9 Å². The SMILES string of the molecule is C=CC.CC.CC.CC.CC.CC.c1ccc(-c2ccc(-c3c4ccccc4c(-c4ccccc4)c4ccccc34)cc2)cc1. The number of allylic oxidation sites excluding steroid dienone is 1. The van der Waals surface area contributed by atoms with Gasteiger partial charge in [-0.1, -0.05) is 209 Å². The highest BCUT2D eigenvalue weighted by atomic mass is 14.2. The molecule has 0 radical (unpaired) electrons. The lowest BCUT2D eigenvalue weighted by Crippen LogP contribution is -1.90. The first-order chi connectivity index (χ1) is 22.3. The Kier molecular flexibility index (Phi) is 22.5. The van der Waals surface area contributed by atoms with E-state index >= 15 is 0 Å². The Morgan fingerprint density at radius 3 is 0.822 bits per heavy atom. The Bertz CT molecular complexity index is 1520. The summed E-state index contributed by atoms with van der Waals surface area (Å²) in [4.78, 5) is 0. The second kappa shape index (κ2) is 25.0. The van der Waals surface area contributed by atoms with Crippen LogP contribution in [-0.4, -0.2) is 0 Å². The van der Waals surface area contributed by atoms with Crippen molar-refractivity contribution in [1.29, 1.82) is 0 Å². The van der Waals surface area contributed by atoms with Crippen LogP contribution in [0.15, 0.2) is 146 Å². The molecule has 0 aromatic heterocycles. The minimum absolute atomic E-state index is 1.24. The minimum Gasteiger partial charge on any atom is -0.103 e. The highest BCUT2D eigenvalue weighted by Crippen LogP contribution is 2.43. The number of hydrogen-bond acceptors (Lipinski definition) is 0. The van der Waals surface area contributed by atoms with Crippen molar-refractivity contribution in [2.45, 2.75) is 76.2 Å². The molecular weight excluding hydrogens is 540 g/mol. The molecule has 45 heavy (non-hydrogen) atoms. The average Bonchev–Trinajstić information content (AvgIpc) is 3.16. The summed E-state index contributed by atoms with van der Waals surface area (Å²) in [7, 11) is 0. The molecule has 6 aromatic rings. The zero-order valence-corrected chi connectivity index (χ0v) is 30.0. The maximum Gasteiger partial charge on any atom is -0.00264 e. The van der Waals surface area contributed by atoms with Gasteiger partial charge >= 0.3 is 0 Å². The van der Waals surface area contributed by atoms with Crippen LogP contribution in [0.2, 0.25) is 0 Å². The molecule has 0 aliphatic carbocycles. The molecule has 0 fully saturated rings. The molecule has 0 nitrogen and oxygen atoms in total. The van der Waals surface area contributed by atoms with Gasteiger partial charge < -0.3 is 0 Å². The molecule has 0 unspecified atom stereocenters. The zero-order valence-electron chi connectivity index (χ0n) is 30.0. The van der Waals surface area contributed by atoms with Gasteiger partial charge in [0.25, 0.3) is 0 Å². The second-order valence-corrected chi connectivity index (χ2v) is 8.56. The normalized spacial score (nSPS) is 8.87. The van der Waals surface area contributed by atoms with Crippen molar-refractivity contribution in [3.05, 3.63) is 146 Å². The van der Waals surface area contributed by atoms with Gasteiger partial charge in [-0.2, -0.15) is 0 Å². The van der Waals surface area contributed by atoms with E-state index in [1.807, 2.05) is 76.2 Å². The first kappa shape index (κ1) is 40.6. The van der Waals surface area contributed by atoms with Gasteiger partial charge in [-0.15, -0.1) is 6.58 Å². The standard InChI is InChI=1S/C32H22.C3H6.5C2H6/c1-3-11-23(12-4-1)24-19-21-26(22-20-24)32-29-17-9-7-15-27(29)31(25-13-5-2-6-14-25)28-16-8-10-18-30(28)32;1-3-2;5*1-2/h1-22H;3H,1H2,2H3;5*1-2H3. The van der Waals surface area contributed by atoms with Crippen LogP contribution in [0.4, 0.5) is 0 Å². The van der Waals surface area contributed by atoms with Gasteiger partial charge in [-0.25, -0.2) is 0 Å². The quantitative estimate of drug-likeness (QED) is 0.140. The zero-order chi connectivity index (χ0) is 34.0. The summed E-state index contributed by atoms with van der Waals surface area (Å²) in [6, 6.07) is 47.9. The van der Waals surface area contributed by atoms with Crippen molar-refractivity contribution in [1.82, 2.24) is 0 Å². The predicted molar refractivity (Wildman–Crippen MR) is 210 cm³/mol. The Morgan fingerprint density at radius 1 is 0.311 bits per heavy atom. The van der Waals surface area contributed by atoms with E-state index in [0.29, 0.717) is 0 Å². The van der Waals surface area contributed by atoms with E-state index in [4.69, 9.17) is 0 Å². The molecule has 0 N–H and O–H groups in total. The second-order valence-electron chi connectivity index (χ2n) is 8.56. The molecule has 0 heteroatoms. The maximum atomic E-state index is 3.36. The van der Waals surface area contributed by atoms with E-state index in [-0.39, 0.29) is 0 Å². The summed E-state index contributed by atoms with van der Waals surface area (Å²) < 4.78 is 0. The number of hydrogen-bond donors (Lipinski definition) is 0. The van der Waals surface area contributed by atoms with E-state index in [9.17, 15) is 0 Å². The smallest absolute Gasteiger partial charge is 0.00264 e. The van der Waals surface area contributed by atoms with Gasteiger partial charge in [0.15, 0.2) is 0 Å². The van der Waals surface area contributed by atoms with E-state index in [0.717, 1.165) is 0 Å². The predicted octanol–water partition coefficient (Wildman–Crippen LogP) is 15.3. The van der Waals surface area contributed by atoms with E-state index in [2.05, 4.69) is 140 Å². The van der Waals surface area contributed by atoms with Crippen LogP contribution in [-0.2, 0) is 0 Å². The average molecular weight is 599 g/mol. The third kappa shape index (κ3) is 10.9. The molecule has 0 atom stereocenters. The van der Waals surface area contributed by atoms with Gasteiger partial charge in [0.05, 0.1) is 0 Å². The van der Waals surface area contributed by atoms with Gasteiger partial charge in [-0.05, 0) is 61.8 Å². The van der Waals surface area contributed by atoms with Crippen molar-refractivity contribution in [2.24, 2.45) is 0 Å². The third-order valence-corrected chi connectivity index (χ3v) is 6.27. The molecule has 238 valence electrons. The van der Waals surface area contributed by atoms with E-state index in [1.54, 1.807) is 6.08 Å². The molecular formula is C45H58. The Labute approximate surface area is 276 Å². The van der Waals surface area contributed by atoms with E-state index < -0.39 is 0 Å². The Hall–Kier alpha value is -4.42. The fraction of sp³-hybridized carbons (Fsp3) is 0.244. The van der Waals surface area contributed by atoms with E-state index in [1.165, 1.54) is 54.9 Å². The Morgan fingerprint density at radius 2 is 0.511 bits per heavy atom. The van der Waals surface area contributed by atoms with Crippen molar-refractivity contribution >= 4 is 21.5 Å². The summed E-state index contributed by atoms with van der Waals surface area (Å²) in [5.74, 6) is 0. The van der Waals surface area contributed by atoms with Gasteiger partial charge in [-0.3, -0.25) is 0 Å². The number of fused-ring (bicyclic) bond motifs is 2.